The van der Waals surface area contributed by atoms with Crippen LogP contribution in [-0.2, 0) is 73.8 Å². The lowest BCUT2D eigenvalue weighted by atomic mass is 9.82. The van der Waals surface area contributed by atoms with Crippen molar-refractivity contribution >= 4 is 100 Å². The molecule has 6 fully saturated rings. The number of hydrogen-bond donors (Lipinski definition) is 21. The number of carbonyl (C=O) groups is 13. The lowest BCUT2D eigenvalue weighted by Crippen LogP contribution is -2.63. The molecule has 3 aliphatic carbocycles. The van der Waals surface area contributed by atoms with Crippen LogP contribution >= 0.6 is 23.5 Å². The first kappa shape index (κ1) is 92.2. The van der Waals surface area contributed by atoms with Crippen molar-refractivity contribution in [3.8, 4) is 0 Å². The highest BCUT2D eigenvalue weighted by Gasteiger charge is 2.45. The maximum absolute atomic E-state index is 15.3. The molecule has 0 aromatic heterocycles. The summed E-state index contributed by atoms with van der Waals surface area (Å²) in [6.07, 6.45) is 1.16. The number of aliphatic hydroxyl groups is 4. The van der Waals surface area contributed by atoms with Crippen LogP contribution in [0.3, 0.4) is 0 Å². The molecule has 17 atom stereocenters. The third kappa shape index (κ3) is 29.4. The highest BCUT2D eigenvalue weighted by atomic mass is 32.2. The predicted molar refractivity (Wildman–Crippen MR) is 426 cm³/mol. The number of carboxylic acids is 1. The maximum Gasteiger partial charge on any atom is 0.303 e. The second-order valence-electron chi connectivity index (χ2n) is 33.5. The predicted octanol–water partition coefficient (Wildman–Crippen LogP) is -1.63. The van der Waals surface area contributed by atoms with Gasteiger partial charge in [-0.2, -0.15) is 23.5 Å². The Hall–Kier alpha value is -7.29. The number of carboxylic acid groups (broad SMARTS) is 1. The van der Waals surface area contributed by atoms with Crippen LogP contribution in [0.1, 0.15) is 194 Å². The molecule has 0 spiro atoms. The van der Waals surface area contributed by atoms with E-state index in [-0.39, 0.29) is 86.5 Å². The van der Waals surface area contributed by atoms with Crippen LogP contribution in [0.15, 0.2) is 24.3 Å². The van der Waals surface area contributed by atoms with E-state index in [0.717, 1.165) is 30.5 Å². The largest absolute Gasteiger partial charge is 0.481 e. The molecule has 638 valence electrons. The summed E-state index contributed by atoms with van der Waals surface area (Å²) in [6, 6.07) is -8.80. The second kappa shape index (κ2) is 44.9. The molecule has 12 amide bonds. The number of piperidine rings is 1. The fraction of sp³-hybridized carbons (Fsp3) is 0.756. The lowest BCUT2D eigenvalue weighted by molar-refractivity contribution is -0.139. The van der Waals surface area contributed by atoms with Gasteiger partial charge >= 0.3 is 5.97 Å². The lowest BCUT2D eigenvalue weighted by Gasteiger charge is -2.34. The summed E-state index contributed by atoms with van der Waals surface area (Å²) in [5, 5.41) is 97.1. The average Bonchev–Trinajstić information content (AvgIpc) is 1.67. The number of benzene rings is 1. The number of thioether (sulfide) groups is 2. The molecular formula is C78H126N16O18S2. The van der Waals surface area contributed by atoms with E-state index in [1.54, 1.807) is 27.7 Å². The Labute approximate surface area is 676 Å². The summed E-state index contributed by atoms with van der Waals surface area (Å²) in [6.45, 7) is 11.4. The van der Waals surface area contributed by atoms with Crippen molar-refractivity contribution < 1.29 is 87.9 Å². The number of fused-ring (bicyclic) bond motifs is 3. The van der Waals surface area contributed by atoms with Crippen molar-refractivity contribution in [2.75, 3.05) is 37.8 Å². The number of carbonyl (C=O) groups excluding carboxylic acids is 12. The van der Waals surface area contributed by atoms with Crippen LogP contribution in [-0.4, -0.2) is 243 Å². The highest BCUT2D eigenvalue weighted by molar-refractivity contribution is 7.98. The van der Waals surface area contributed by atoms with Crippen molar-refractivity contribution in [2.45, 2.75) is 297 Å². The molecule has 4 unspecified atom stereocenters. The molecule has 4 aliphatic heterocycles. The van der Waals surface area contributed by atoms with Gasteiger partial charge < -0.3 is 111 Å². The van der Waals surface area contributed by atoms with Gasteiger partial charge in [0.2, 0.25) is 70.9 Å². The number of amides is 12. The summed E-state index contributed by atoms with van der Waals surface area (Å²) in [5.74, 6) is -11.1. The van der Waals surface area contributed by atoms with Crippen molar-refractivity contribution in [1.29, 1.82) is 0 Å². The zero-order valence-corrected chi connectivity index (χ0v) is 68.3. The van der Waals surface area contributed by atoms with Crippen LogP contribution in [0.4, 0.5) is 0 Å². The fourth-order valence-corrected chi connectivity index (χ4v) is 17.9. The summed E-state index contributed by atoms with van der Waals surface area (Å²) in [5.41, 5.74) is 6.69. The van der Waals surface area contributed by atoms with Gasteiger partial charge in [0.05, 0.1) is 30.6 Å². The Kier molecular flexibility index (Phi) is 36.3. The molecule has 7 aliphatic rings. The minimum Gasteiger partial charge on any atom is -0.481 e. The molecule has 3 saturated carbocycles. The summed E-state index contributed by atoms with van der Waals surface area (Å²) >= 11 is 2.74. The van der Waals surface area contributed by atoms with Gasteiger partial charge in [0.15, 0.2) is 0 Å². The average molecular weight is 1640 g/mol. The normalized spacial score (nSPS) is 32.9. The zero-order chi connectivity index (χ0) is 82.9. The molecule has 1 aromatic rings. The SMILES string of the molecule is CCC[C@@H]1NC(=O)[C@H](CC2CCC(O)CC2)NC(=O)[C@H](CCC(=O)O)NC(=O)[C@H](CC2CC2)NC(=O)[C@H](CC2CNC3NCCCC23)NC(=O)[C@H]([C@@H](C)O)NC(=O)[C@H](CC2CNCN2)NC(=O)[C@H](CC2CCC(O)CC2)NC(=O)[C@H](C(C)(C)C)NC(=O)CCSCc2cccc(c2)CSC[C@@H](C(N)=O)NC(=O)[C@H]([C@@H](C)O)NC1=O. The standard InChI is InChI=1S/C78H126N16O18S2/c1-7-10-53-69(104)93-64(42(3)96)76(111)91-60(66(79)102)39-114-38-47-12-8-11-46(29-47)37-113-28-26-61(99)92-65(78(4,5)6)77(112)90-57(32-45-18-22-51(98)23-19-45)72(107)88-59(34-49-36-80-40-83-49)74(109)94-63(41(2)95)75(110)89-58(33-48-35-82-67-52(48)13-9-27-81-67)73(108)87-56(30-43-14-15-43)71(106)85-54(24-25-62(100)101)68(103)86-55(70(105)84-53)31-44-16-20-50(97)21-17-44/h8,11-12,29,41-45,48-60,63-65,67,80-83,95-98H,7,9-10,13-28,30-40H2,1-6H3,(H2,79,102)(H,84,105)(H,85,106)(H,86,103)(H,87,108)(H,88,107)(H,89,110)(H,90,112)(H,91,111)(H,92,99)(H,93,104)(H,94,109)(H,100,101)/t41-,42-,44?,45?,48?,49?,50?,51?,52?,53+,54+,55+,56+,57+,58+,59+,60+,63+,64+,65-,67?/m1/s1. The Morgan fingerprint density at radius 2 is 0.982 bits per heavy atom. The number of aliphatic hydroxyl groups excluding tert-OH is 4. The maximum atomic E-state index is 15.3. The summed E-state index contributed by atoms with van der Waals surface area (Å²) in [7, 11) is 0. The smallest absolute Gasteiger partial charge is 0.303 e. The first-order chi connectivity index (χ1) is 54.2. The third-order valence-electron chi connectivity index (χ3n) is 22.9. The Morgan fingerprint density at radius 3 is 1.47 bits per heavy atom. The van der Waals surface area contributed by atoms with E-state index in [1.165, 1.54) is 37.4 Å². The van der Waals surface area contributed by atoms with Gasteiger partial charge in [-0.1, -0.05) is 71.2 Å². The molecule has 8 rings (SSSR count). The highest BCUT2D eigenvalue weighted by Crippen LogP contribution is 2.36. The van der Waals surface area contributed by atoms with Crippen LogP contribution in [0, 0.1) is 35.0 Å². The van der Waals surface area contributed by atoms with Gasteiger partial charge in [0.1, 0.15) is 66.5 Å². The molecule has 1 aromatic carbocycles. The van der Waals surface area contributed by atoms with Crippen LogP contribution in [0.5, 0.6) is 0 Å². The summed E-state index contributed by atoms with van der Waals surface area (Å²) < 4.78 is 0. The Morgan fingerprint density at radius 1 is 0.526 bits per heavy atom. The number of primary amides is 1. The van der Waals surface area contributed by atoms with Crippen molar-refractivity contribution in [2.24, 2.45) is 40.7 Å². The second-order valence-corrected chi connectivity index (χ2v) is 35.6. The fourth-order valence-electron chi connectivity index (χ4n) is 16.0. The number of nitrogens with one attached hydrogen (secondary N) is 15. The van der Waals surface area contributed by atoms with Crippen molar-refractivity contribution in [3.05, 3.63) is 35.4 Å². The van der Waals surface area contributed by atoms with E-state index in [9.17, 15) is 63.9 Å². The van der Waals surface area contributed by atoms with Crippen molar-refractivity contribution in [1.82, 2.24) is 79.8 Å². The number of aliphatic carboxylic acids is 1. The molecular weight excluding hydrogens is 1510 g/mol. The van der Waals surface area contributed by atoms with Crippen LogP contribution in [0.25, 0.3) is 0 Å². The number of nitrogens with two attached hydrogens (primary N) is 1. The first-order valence-corrected chi connectivity index (χ1v) is 43.2. The molecule has 2 bridgehead atoms. The molecule has 36 heteroatoms. The minimum atomic E-state index is -1.77. The van der Waals surface area contributed by atoms with E-state index in [1.807, 2.05) is 24.3 Å². The van der Waals surface area contributed by atoms with Gasteiger partial charge in [-0.05, 0) is 182 Å². The van der Waals surface area contributed by atoms with E-state index in [0.29, 0.717) is 108 Å². The molecule has 0 radical (unpaired) electrons. The molecule has 114 heavy (non-hydrogen) atoms. The Balaban J connectivity index is 1.12. The summed E-state index contributed by atoms with van der Waals surface area (Å²) in [4.78, 5) is 188. The first-order valence-electron chi connectivity index (χ1n) is 40.9. The molecule has 3 saturated heterocycles. The molecule has 4 heterocycles. The van der Waals surface area contributed by atoms with Gasteiger partial charge in [-0.3, -0.25) is 62.3 Å². The van der Waals surface area contributed by atoms with E-state index >= 15 is 24.0 Å². The van der Waals surface area contributed by atoms with Gasteiger partial charge in [-0.15, -0.1) is 0 Å². The van der Waals surface area contributed by atoms with Gasteiger partial charge in [0, 0.05) is 55.1 Å². The van der Waals surface area contributed by atoms with E-state index in [4.69, 9.17) is 5.73 Å². The molecule has 34 nitrogen and oxygen atoms in total. The quantitative estimate of drug-likeness (QED) is 0.0785. The van der Waals surface area contributed by atoms with Gasteiger partial charge in [0.25, 0.3) is 0 Å². The van der Waals surface area contributed by atoms with Crippen LogP contribution < -0.4 is 85.5 Å². The monoisotopic (exact) mass is 1640 g/mol. The van der Waals surface area contributed by atoms with E-state index in [2.05, 4.69) is 79.8 Å². The topological polar surface area (TPSA) is 530 Å². The van der Waals surface area contributed by atoms with E-state index < -0.39 is 192 Å². The Bertz CT molecular complexity index is 3440. The third-order valence-corrected chi connectivity index (χ3v) is 25.0. The number of rotatable bonds is 18. The van der Waals surface area contributed by atoms with Crippen molar-refractivity contribution in [3.63, 3.8) is 0 Å². The minimum absolute atomic E-state index is 0.00700. The molecule has 22 N–H and O–H groups in total. The zero-order valence-electron chi connectivity index (χ0n) is 66.7. The van der Waals surface area contributed by atoms with Crippen LogP contribution in [0.2, 0.25) is 0 Å². The van der Waals surface area contributed by atoms with Gasteiger partial charge in [-0.25, -0.2) is 0 Å². The number of hydrogen-bond acceptors (Lipinski definition) is 23.